The molecule has 0 saturated carbocycles. The average molecular weight is 227 g/mol. The van der Waals surface area contributed by atoms with Crippen molar-refractivity contribution in [3.05, 3.63) is 12.7 Å². The number of nitrogens with one attached hydrogen (secondary N) is 1. The third kappa shape index (κ3) is 4.96. The molecule has 1 atom stereocenters. The Morgan fingerprint density at radius 3 is 2.31 bits per heavy atom. The van der Waals surface area contributed by atoms with Crippen LogP contribution in [-0.2, 0) is 9.59 Å². The standard InChI is InChI=1S/C12H21NO3/c1-4-7-8-10(14)13-11(12(15)16)9(5-2)6-3/h4,9,11H,1,5-8H2,2-3H3,(H,13,14)(H,15,16). The Morgan fingerprint density at radius 1 is 1.38 bits per heavy atom. The predicted molar refractivity (Wildman–Crippen MR) is 63.1 cm³/mol. The van der Waals surface area contributed by atoms with E-state index in [-0.39, 0.29) is 11.8 Å². The number of carbonyl (C=O) groups excluding carboxylic acids is 1. The topological polar surface area (TPSA) is 66.4 Å². The van der Waals surface area contributed by atoms with Gasteiger partial charge in [0.2, 0.25) is 5.91 Å². The number of hydrogen-bond donors (Lipinski definition) is 2. The van der Waals surface area contributed by atoms with Crippen molar-refractivity contribution >= 4 is 11.9 Å². The summed E-state index contributed by atoms with van der Waals surface area (Å²) in [5.74, 6) is -1.19. The van der Waals surface area contributed by atoms with Gasteiger partial charge in [-0.05, 0) is 12.3 Å². The summed E-state index contributed by atoms with van der Waals surface area (Å²) in [4.78, 5) is 22.5. The van der Waals surface area contributed by atoms with Crippen molar-refractivity contribution in [1.29, 1.82) is 0 Å². The minimum absolute atomic E-state index is 0.00909. The van der Waals surface area contributed by atoms with Crippen LogP contribution in [-0.4, -0.2) is 23.0 Å². The van der Waals surface area contributed by atoms with Crippen molar-refractivity contribution in [1.82, 2.24) is 5.32 Å². The van der Waals surface area contributed by atoms with Gasteiger partial charge in [-0.3, -0.25) is 4.79 Å². The smallest absolute Gasteiger partial charge is 0.326 e. The van der Waals surface area contributed by atoms with Crippen LogP contribution in [0.3, 0.4) is 0 Å². The van der Waals surface area contributed by atoms with E-state index >= 15 is 0 Å². The summed E-state index contributed by atoms with van der Waals surface area (Å²) >= 11 is 0. The lowest BCUT2D eigenvalue weighted by Crippen LogP contribution is -2.45. The molecule has 0 aliphatic heterocycles. The molecule has 0 heterocycles. The van der Waals surface area contributed by atoms with Gasteiger partial charge in [-0.2, -0.15) is 0 Å². The van der Waals surface area contributed by atoms with Gasteiger partial charge >= 0.3 is 5.97 Å². The molecule has 4 heteroatoms. The molecule has 16 heavy (non-hydrogen) atoms. The number of carboxylic acids is 1. The second-order valence-corrected chi connectivity index (χ2v) is 3.79. The van der Waals surface area contributed by atoms with Gasteiger partial charge < -0.3 is 10.4 Å². The summed E-state index contributed by atoms with van der Waals surface area (Å²) in [6.45, 7) is 7.38. The molecule has 0 bridgehead atoms. The third-order valence-corrected chi connectivity index (χ3v) is 2.68. The van der Waals surface area contributed by atoms with Crippen LogP contribution in [0.15, 0.2) is 12.7 Å². The number of aliphatic carboxylic acids is 1. The molecule has 2 N–H and O–H groups in total. The predicted octanol–water partition coefficient (Wildman–Crippen LogP) is 1.96. The first kappa shape index (κ1) is 14.7. The molecule has 0 spiro atoms. The molecular formula is C12H21NO3. The van der Waals surface area contributed by atoms with Gasteiger partial charge in [0.25, 0.3) is 0 Å². The van der Waals surface area contributed by atoms with Crippen LogP contribution in [0.4, 0.5) is 0 Å². The van der Waals surface area contributed by atoms with E-state index in [1.165, 1.54) is 0 Å². The average Bonchev–Trinajstić information content (AvgIpc) is 2.26. The summed E-state index contributed by atoms with van der Waals surface area (Å²) in [5.41, 5.74) is 0. The fourth-order valence-electron chi connectivity index (χ4n) is 1.62. The molecule has 0 aliphatic rings. The van der Waals surface area contributed by atoms with E-state index in [0.29, 0.717) is 12.8 Å². The number of hydrogen-bond acceptors (Lipinski definition) is 2. The van der Waals surface area contributed by atoms with E-state index in [9.17, 15) is 9.59 Å². The lowest BCUT2D eigenvalue weighted by atomic mass is 9.94. The summed E-state index contributed by atoms with van der Waals surface area (Å²) in [6, 6.07) is -0.771. The Bertz CT molecular complexity index is 247. The SMILES string of the molecule is C=CCCC(=O)NC(C(=O)O)C(CC)CC. The first-order valence-corrected chi connectivity index (χ1v) is 5.69. The van der Waals surface area contributed by atoms with Crippen LogP contribution in [0, 0.1) is 5.92 Å². The van der Waals surface area contributed by atoms with E-state index in [1.807, 2.05) is 13.8 Å². The largest absolute Gasteiger partial charge is 0.480 e. The Hall–Kier alpha value is -1.32. The number of allylic oxidation sites excluding steroid dienone is 1. The maximum Gasteiger partial charge on any atom is 0.326 e. The quantitative estimate of drug-likeness (QED) is 0.623. The van der Waals surface area contributed by atoms with E-state index in [2.05, 4.69) is 11.9 Å². The second kappa shape index (κ2) is 7.91. The maximum atomic E-state index is 11.4. The number of carbonyl (C=O) groups is 2. The highest BCUT2D eigenvalue weighted by molar-refractivity contribution is 5.83. The zero-order valence-corrected chi connectivity index (χ0v) is 10.0. The molecule has 0 aliphatic carbocycles. The second-order valence-electron chi connectivity index (χ2n) is 3.79. The highest BCUT2D eigenvalue weighted by Gasteiger charge is 2.26. The maximum absolute atomic E-state index is 11.4. The molecule has 0 fully saturated rings. The zero-order chi connectivity index (χ0) is 12.6. The van der Waals surface area contributed by atoms with Gasteiger partial charge in [0, 0.05) is 6.42 Å². The zero-order valence-electron chi connectivity index (χ0n) is 10.0. The van der Waals surface area contributed by atoms with Crippen molar-refractivity contribution < 1.29 is 14.7 Å². The van der Waals surface area contributed by atoms with Crippen LogP contribution < -0.4 is 5.32 Å². The van der Waals surface area contributed by atoms with Gasteiger partial charge in [-0.15, -0.1) is 6.58 Å². The summed E-state index contributed by atoms with van der Waals surface area (Å²) in [7, 11) is 0. The molecule has 0 radical (unpaired) electrons. The van der Waals surface area contributed by atoms with E-state index in [0.717, 1.165) is 12.8 Å². The molecule has 0 aromatic carbocycles. The van der Waals surface area contributed by atoms with Crippen LogP contribution in [0.25, 0.3) is 0 Å². The van der Waals surface area contributed by atoms with Crippen LogP contribution in [0.5, 0.6) is 0 Å². The Morgan fingerprint density at radius 2 is 1.94 bits per heavy atom. The minimum Gasteiger partial charge on any atom is -0.480 e. The molecule has 0 aromatic rings. The van der Waals surface area contributed by atoms with Gasteiger partial charge in [-0.25, -0.2) is 4.79 Å². The first-order valence-electron chi connectivity index (χ1n) is 5.69. The Kier molecular flexibility index (Phi) is 7.25. The first-order chi connectivity index (χ1) is 7.56. The molecule has 1 unspecified atom stereocenters. The lowest BCUT2D eigenvalue weighted by Gasteiger charge is -2.22. The fourth-order valence-corrected chi connectivity index (χ4v) is 1.62. The van der Waals surface area contributed by atoms with Crippen molar-refractivity contribution in [3.63, 3.8) is 0 Å². The molecular weight excluding hydrogens is 206 g/mol. The minimum atomic E-state index is -0.958. The molecule has 0 saturated heterocycles. The van der Waals surface area contributed by atoms with E-state index in [1.54, 1.807) is 6.08 Å². The molecule has 0 rings (SSSR count). The van der Waals surface area contributed by atoms with Gasteiger partial charge in [-0.1, -0.05) is 32.8 Å². The van der Waals surface area contributed by atoms with Crippen LogP contribution >= 0.6 is 0 Å². The fraction of sp³-hybridized carbons (Fsp3) is 0.667. The third-order valence-electron chi connectivity index (χ3n) is 2.68. The summed E-state index contributed by atoms with van der Waals surface area (Å²) in [6.07, 6.45) is 4.01. The van der Waals surface area contributed by atoms with Crippen LogP contribution in [0.1, 0.15) is 39.5 Å². The highest BCUT2D eigenvalue weighted by atomic mass is 16.4. The molecule has 1 amide bonds. The summed E-state index contributed by atoms with van der Waals surface area (Å²) in [5, 5.41) is 11.6. The van der Waals surface area contributed by atoms with Crippen molar-refractivity contribution in [2.24, 2.45) is 5.92 Å². The highest BCUT2D eigenvalue weighted by Crippen LogP contribution is 2.13. The number of carboxylic acid groups (broad SMARTS) is 1. The lowest BCUT2D eigenvalue weighted by molar-refractivity contribution is -0.143. The normalized spacial score (nSPS) is 12.2. The van der Waals surface area contributed by atoms with Gasteiger partial charge in [0.15, 0.2) is 0 Å². The van der Waals surface area contributed by atoms with E-state index in [4.69, 9.17) is 5.11 Å². The van der Waals surface area contributed by atoms with Gasteiger partial charge in [0.1, 0.15) is 6.04 Å². The van der Waals surface area contributed by atoms with Gasteiger partial charge in [0.05, 0.1) is 0 Å². The summed E-state index contributed by atoms with van der Waals surface area (Å²) < 4.78 is 0. The van der Waals surface area contributed by atoms with Crippen molar-refractivity contribution in [3.8, 4) is 0 Å². The monoisotopic (exact) mass is 227 g/mol. The number of amides is 1. The number of rotatable bonds is 8. The van der Waals surface area contributed by atoms with Crippen molar-refractivity contribution in [2.45, 2.75) is 45.6 Å². The molecule has 0 aromatic heterocycles. The Labute approximate surface area is 96.7 Å². The molecule has 92 valence electrons. The molecule has 4 nitrogen and oxygen atoms in total. The Balaban J connectivity index is 4.38. The van der Waals surface area contributed by atoms with E-state index < -0.39 is 12.0 Å². The van der Waals surface area contributed by atoms with Crippen molar-refractivity contribution in [2.75, 3.05) is 0 Å². The van der Waals surface area contributed by atoms with Crippen LogP contribution in [0.2, 0.25) is 0 Å².